The van der Waals surface area contributed by atoms with Gasteiger partial charge in [0.2, 0.25) is 0 Å². The van der Waals surface area contributed by atoms with Gasteiger partial charge in [-0.05, 0) is 27.7 Å². The quantitative estimate of drug-likeness (QED) is 0.269. The maximum Gasteiger partial charge on any atom is 0.154 e. The van der Waals surface area contributed by atoms with Gasteiger partial charge in [0.1, 0.15) is 0 Å². The summed E-state index contributed by atoms with van der Waals surface area (Å²) >= 11 is 0. The summed E-state index contributed by atoms with van der Waals surface area (Å²) in [5.74, 6) is 0.581. The minimum atomic E-state index is 0.215. The van der Waals surface area contributed by atoms with E-state index >= 15 is 0 Å². The lowest BCUT2D eigenvalue weighted by Gasteiger charge is -2.15. The van der Waals surface area contributed by atoms with Crippen LogP contribution in [0.1, 0.15) is 12.5 Å². The summed E-state index contributed by atoms with van der Waals surface area (Å²) in [6, 6.07) is 8.43. The van der Waals surface area contributed by atoms with Gasteiger partial charge < -0.3 is 5.11 Å². The van der Waals surface area contributed by atoms with Crippen LogP contribution in [0.5, 0.6) is 0 Å². The highest BCUT2D eigenvalue weighted by Crippen LogP contribution is 2.06. The maximum absolute atomic E-state index is 8.89. The predicted octanol–water partition coefficient (Wildman–Crippen LogP) is 0.923. The molecule has 3 N–H and O–H groups in total. The van der Waals surface area contributed by atoms with Crippen LogP contribution in [0.2, 0.25) is 6.32 Å². The molecular weight excluding hydrogens is 242 g/mol. The van der Waals surface area contributed by atoms with E-state index < -0.39 is 0 Å². The van der Waals surface area contributed by atoms with Gasteiger partial charge in [0.05, 0.1) is 0 Å². The monoisotopic (exact) mass is 265 g/mol. The first-order valence-electron chi connectivity index (χ1n) is 6.44. The number of aliphatic hydroxyl groups excluding tert-OH is 1. The summed E-state index contributed by atoms with van der Waals surface area (Å²) < 4.78 is 0. The molecule has 0 saturated carbocycles. The molecule has 0 spiro atoms. The number of nitrogens with one attached hydrogen (secondary N) is 2. The van der Waals surface area contributed by atoms with Crippen molar-refractivity contribution in [3.05, 3.63) is 29.8 Å². The third-order valence-electron chi connectivity index (χ3n) is 2.78. The second kappa shape index (κ2) is 9.52. The molecule has 0 amide bonds. The Morgan fingerprint density at radius 3 is 2.89 bits per heavy atom. The van der Waals surface area contributed by atoms with Crippen LogP contribution in [-0.4, -0.2) is 32.2 Å². The van der Waals surface area contributed by atoms with Gasteiger partial charge in [-0.1, -0.05) is 48.5 Å². The Hall–Kier alpha value is -0.405. The number of hydrogen-bond acceptors (Lipinski definition) is 3. The summed E-state index contributed by atoms with van der Waals surface area (Å²) in [4.78, 5) is 0. The average Bonchev–Trinajstić information content (AvgIpc) is 2.38. The zero-order chi connectivity index (χ0) is 13.2. The Kier molecular flexibility index (Phi) is 8.27. The molecule has 0 aromatic heterocycles. The zero-order valence-corrected chi connectivity index (χ0v) is 12.2. The van der Waals surface area contributed by atoms with E-state index in [2.05, 4.69) is 55.8 Å². The molecule has 2 atom stereocenters. The fourth-order valence-corrected chi connectivity index (χ4v) is 2.18. The second-order valence-electron chi connectivity index (χ2n) is 4.48. The molecule has 1 rings (SSSR count). The number of hydrazine groups is 1. The molecule has 1 aromatic rings. The highest BCUT2D eigenvalue weighted by atomic mass is 31.1. The lowest BCUT2D eigenvalue weighted by molar-refractivity contribution is 0.318. The number of benzene rings is 1. The minimum Gasteiger partial charge on any atom is -0.397 e. The summed E-state index contributed by atoms with van der Waals surface area (Å²) in [6.07, 6.45) is 1.78. The van der Waals surface area contributed by atoms with E-state index in [0.717, 1.165) is 28.0 Å². The molecule has 0 aliphatic heterocycles. The van der Waals surface area contributed by atoms with E-state index in [1.807, 2.05) is 0 Å². The fraction of sp³-hybridized carbons (Fsp3) is 0.538. The topological polar surface area (TPSA) is 44.3 Å². The van der Waals surface area contributed by atoms with Crippen molar-refractivity contribution in [3.63, 3.8) is 0 Å². The summed E-state index contributed by atoms with van der Waals surface area (Å²) in [6.45, 7) is 5.54. The van der Waals surface area contributed by atoms with E-state index in [-0.39, 0.29) is 6.61 Å². The van der Waals surface area contributed by atoms with Crippen molar-refractivity contribution in [1.29, 1.82) is 0 Å². The van der Waals surface area contributed by atoms with E-state index in [0.29, 0.717) is 5.92 Å². The third kappa shape index (κ3) is 5.97. The Morgan fingerprint density at radius 2 is 2.17 bits per heavy atom. The molecular formula is C13H23BN2OP. The van der Waals surface area contributed by atoms with Gasteiger partial charge in [0, 0.05) is 13.2 Å². The van der Waals surface area contributed by atoms with Crippen molar-refractivity contribution in [2.24, 2.45) is 5.92 Å². The molecule has 0 bridgehead atoms. The molecule has 3 nitrogen and oxygen atoms in total. The number of aliphatic hydroxyl groups is 1. The molecule has 1 aromatic carbocycles. The van der Waals surface area contributed by atoms with E-state index in [1.165, 1.54) is 11.0 Å². The second-order valence-corrected chi connectivity index (χ2v) is 5.23. The maximum atomic E-state index is 8.89. The first-order chi connectivity index (χ1) is 8.77. The molecule has 99 valence electrons. The van der Waals surface area contributed by atoms with Crippen LogP contribution in [0, 0.1) is 5.92 Å². The molecule has 0 aliphatic rings. The van der Waals surface area contributed by atoms with E-state index in [4.69, 9.17) is 5.11 Å². The largest absolute Gasteiger partial charge is 0.397 e. The van der Waals surface area contributed by atoms with Crippen LogP contribution in [0.3, 0.4) is 0 Å². The van der Waals surface area contributed by atoms with Gasteiger partial charge in [-0.3, -0.25) is 5.43 Å². The Labute approximate surface area is 113 Å². The third-order valence-corrected chi connectivity index (χ3v) is 3.21. The predicted molar refractivity (Wildman–Crippen MR) is 82.0 cm³/mol. The summed E-state index contributed by atoms with van der Waals surface area (Å²) in [5.41, 5.74) is 5.84. The smallest absolute Gasteiger partial charge is 0.154 e. The van der Waals surface area contributed by atoms with Crippen molar-refractivity contribution < 1.29 is 5.11 Å². The molecule has 1 radical (unpaired) electrons. The Balaban J connectivity index is 2.49. The van der Waals surface area contributed by atoms with Crippen molar-refractivity contribution >= 4 is 21.5 Å². The van der Waals surface area contributed by atoms with Gasteiger partial charge in [-0.25, -0.2) is 5.20 Å². The van der Waals surface area contributed by atoms with Crippen LogP contribution in [0.15, 0.2) is 24.3 Å². The standard InChI is InChI=1S/C13H23BN2OP/c1-11(10-15-16-18-2)9-12-5-3-4-6-13(12)14-7-8-17/h3-6,11,15-18H,7-10H2,1-2H3. The first-order valence-corrected chi connectivity index (χ1v) is 7.94. The van der Waals surface area contributed by atoms with E-state index in [9.17, 15) is 0 Å². The molecule has 0 aliphatic carbocycles. The van der Waals surface area contributed by atoms with Gasteiger partial charge in [-0.2, -0.15) is 0 Å². The van der Waals surface area contributed by atoms with Crippen molar-refractivity contribution in [3.8, 4) is 0 Å². The van der Waals surface area contributed by atoms with Crippen molar-refractivity contribution in [1.82, 2.24) is 10.6 Å². The summed E-state index contributed by atoms with van der Waals surface area (Å²) in [5, 5.41) is 12.0. The Bertz CT molecular complexity index is 339. The minimum absolute atomic E-state index is 0.215. The van der Waals surface area contributed by atoms with Crippen LogP contribution >= 0.6 is 8.73 Å². The highest BCUT2D eigenvalue weighted by molar-refractivity contribution is 7.34. The van der Waals surface area contributed by atoms with Gasteiger partial charge in [0.25, 0.3) is 0 Å². The first kappa shape index (κ1) is 15.7. The van der Waals surface area contributed by atoms with Crippen LogP contribution < -0.4 is 16.1 Å². The molecule has 5 heteroatoms. The van der Waals surface area contributed by atoms with Crippen LogP contribution in [0.4, 0.5) is 0 Å². The fourth-order valence-electron chi connectivity index (χ4n) is 1.90. The SMILES string of the molecule is CPNNCC(C)Cc1ccccc1[B]CCO. The molecule has 2 unspecified atom stereocenters. The molecule has 0 saturated heterocycles. The van der Waals surface area contributed by atoms with Crippen molar-refractivity contribution in [2.45, 2.75) is 19.7 Å². The van der Waals surface area contributed by atoms with Gasteiger partial charge in [0.15, 0.2) is 7.28 Å². The lowest BCUT2D eigenvalue weighted by Crippen LogP contribution is -2.31. The Morgan fingerprint density at radius 1 is 1.39 bits per heavy atom. The molecule has 18 heavy (non-hydrogen) atoms. The zero-order valence-electron chi connectivity index (χ0n) is 11.2. The molecule has 0 heterocycles. The number of rotatable bonds is 9. The molecule has 0 fully saturated rings. The average molecular weight is 265 g/mol. The lowest BCUT2D eigenvalue weighted by atomic mass is 9.65. The van der Waals surface area contributed by atoms with Crippen LogP contribution in [-0.2, 0) is 6.42 Å². The van der Waals surface area contributed by atoms with E-state index in [1.54, 1.807) is 0 Å². The number of hydrogen-bond donors (Lipinski definition) is 3. The van der Waals surface area contributed by atoms with Gasteiger partial charge >= 0.3 is 0 Å². The normalized spacial score (nSPS) is 13.1. The van der Waals surface area contributed by atoms with Crippen LogP contribution in [0.25, 0.3) is 0 Å². The summed E-state index contributed by atoms with van der Waals surface area (Å²) in [7, 11) is 2.84. The van der Waals surface area contributed by atoms with Gasteiger partial charge in [-0.15, -0.1) is 0 Å². The highest BCUT2D eigenvalue weighted by Gasteiger charge is 2.07. The van der Waals surface area contributed by atoms with Crippen molar-refractivity contribution in [2.75, 3.05) is 19.8 Å².